The average Bonchev–Trinajstić information content (AvgIpc) is 2.16. The molecular formula is C9H18FN3O. The molecule has 0 spiro atoms. The van der Waals surface area contributed by atoms with Crippen molar-refractivity contribution >= 4 is 6.03 Å². The van der Waals surface area contributed by atoms with Crippen molar-refractivity contribution in [3.63, 3.8) is 0 Å². The first-order valence-electron chi connectivity index (χ1n) is 5.07. The van der Waals surface area contributed by atoms with Crippen molar-refractivity contribution in [3.05, 3.63) is 0 Å². The fourth-order valence-corrected chi connectivity index (χ4v) is 1.90. The molecule has 1 aliphatic rings. The van der Waals surface area contributed by atoms with E-state index in [1.54, 1.807) is 0 Å². The Labute approximate surface area is 83.4 Å². The summed E-state index contributed by atoms with van der Waals surface area (Å²) in [5.74, 6) is 0. The number of hydrogen-bond acceptors (Lipinski definition) is 2. The lowest BCUT2D eigenvalue weighted by molar-refractivity contribution is 0.237. The lowest BCUT2D eigenvalue weighted by Gasteiger charge is -2.29. The normalized spacial score (nSPS) is 27.2. The van der Waals surface area contributed by atoms with Crippen LogP contribution in [0.1, 0.15) is 25.7 Å². The van der Waals surface area contributed by atoms with E-state index >= 15 is 0 Å². The molecule has 0 aliphatic heterocycles. The zero-order valence-electron chi connectivity index (χ0n) is 8.26. The van der Waals surface area contributed by atoms with Crippen LogP contribution in [-0.4, -0.2) is 31.3 Å². The molecule has 1 aliphatic carbocycles. The van der Waals surface area contributed by atoms with E-state index in [9.17, 15) is 9.18 Å². The highest BCUT2D eigenvalue weighted by atomic mass is 19.1. The summed E-state index contributed by atoms with van der Waals surface area (Å²) >= 11 is 0. The van der Waals surface area contributed by atoms with Gasteiger partial charge in [-0.3, -0.25) is 0 Å². The number of halogens is 1. The van der Waals surface area contributed by atoms with E-state index in [0.29, 0.717) is 12.6 Å². The maximum absolute atomic E-state index is 11.9. The fourth-order valence-electron chi connectivity index (χ4n) is 1.90. The van der Waals surface area contributed by atoms with Crippen molar-refractivity contribution in [2.24, 2.45) is 5.73 Å². The van der Waals surface area contributed by atoms with Crippen LogP contribution >= 0.6 is 0 Å². The number of alkyl halides is 1. The number of carbonyl (C=O) groups excluding carboxylic acids is 1. The number of carbonyl (C=O) groups is 1. The highest BCUT2D eigenvalue weighted by Crippen LogP contribution is 2.18. The number of urea groups is 1. The third kappa shape index (κ3) is 3.91. The smallest absolute Gasteiger partial charge is 0.312 e. The number of amides is 2. The SMILES string of the molecule is NC(=O)NC1CCC(NCCF)CC1. The first kappa shape index (κ1) is 11.2. The quantitative estimate of drug-likeness (QED) is 0.623. The van der Waals surface area contributed by atoms with Crippen molar-refractivity contribution < 1.29 is 9.18 Å². The molecule has 0 atom stereocenters. The molecule has 14 heavy (non-hydrogen) atoms. The second kappa shape index (κ2) is 5.80. The summed E-state index contributed by atoms with van der Waals surface area (Å²) < 4.78 is 11.9. The molecule has 4 nitrogen and oxygen atoms in total. The van der Waals surface area contributed by atoms with Gasteiger partial charge in [0.25, 0.3) is 0 Å². The lowest BCUT2D eigenvalue weighted by atomic mass is 9.91. The maximum Gasteiger partial charge on any atom is 0.312 e. The minimum Gasteiger partial charge on any atom is -0.352 e. The van der Waals surface area contributed by atoms with Gasteiger partial charge in [-0.05, 0) is 25.7 Å². The van der Waals surface area contributed by atoms with Crippen LogP contribution in [0.4, 0.5) is 9.18 Å². The van der Waals surface area contributed by atoms with Crippen LogP contribution < -0.4 is 16.4 Å². The molecular weight excluding hydrogens is 185 g/mol. The molecule has 0 bridgehead atoms. The molecule has 0 saturated heterocycles. The summed E-state index contributed by atoms with van der Waals surface area (Å²) in [4.78, 5) is 10.6. The Balaban J connectivity index is 2.14. The van der Waals surface area contributed by atoms with Crippen LogP contribution in [0.5, 0.6) is 0 Å². The molecule has 5 heteroatoms. The molecule has 1 saturated carbocycles. The van der Waals surface area contributed by atoms with Gasteiger partial charge in [0.1, 0.15) is 6.67 Å². The molecule has 2 amide bonds. The molecule has 0 aromatic heterocycles. The number of hydrogen-bond donors (Lipinski definition) is 3. The molecule has 0 radical (unpaired) electrons. The topological polar surface area (TPSA) is 67.2 Å². The molecule has 0 aromatic rings. The van der Waals surface area contributed by atoms with Gasteiger partial charge in [0.05, 0.1) is 0 Å². The first-order valence-corrected chi connectivity index (χ1v) is 5.07. The first-order chi connectivity index (χ1) is 6.72. The molecule has 1 rings (SSSR count). The van der Waals surface area contributed by atoms with E-state index in [0.717, 1.165) is 25.7 Å². The van der Waals surface area contributed by atoms with Gasteiger partial charge in [0.2, 0.25) is 0 Å². The van der Waals surface area contributed by atoms with Crippen LogP contribution in [0.25, 0.3) is 0 Å². The Morgan fingerprint density at radius 2 is 1.86 bits per heavy atom. The monoisotopic (exact) mass is 203 g/mol. The number of rotatable bonds is 4. The van der Waals surface area contributed by atoms with E-state index in [1.165, 1.54) is 0 Å². The van der Waals surface area contributed by atoms with Crippen LogP contribution in [0.2, 0.25) is 0 Å². The Morgan fingerprint density at radius 1 is 1.29 bits per heavy atom. The zero-order chi connectivity index (χ0) is 10.4. The molecule has 4 N–H and O–H groups in total. The maximum atomic E-state index is 11.9. The number of nitrogens with one attached hydrogen (secondary N) is 2. The van der Waals surface area contributed by atoms with Gasteiger partial charge in [0, 0.05) is 18.6 Å². The second-order valence-electron chi connectivity index (χ2n) is 3.70. The number of nitrogens with two attached hydrogens (primary N) is 1. The highest BCUT2D eigenvalue weighted by Gasteiger charge is 2.20. The van der Waals surface area contributed by atoms with Gasteiger partial charge >= 0.3 is 6.03 Å². The minimum absolute atomic E-state index is 0.205. The molecule has 1 fully saturated rings. The Morgan fingerprint density at radius 3 is 2.36 bits per heavy atom. The lowest BCUT2D eigenvalue weighted by Crippen LogP contribution is -2.44. The van der Waals surface area contributed by atoms with Gasteiger partial charge in [-0.15, -0.1) is 0 Å². The zero-order valence-corrected chi connectivity index (χ0v) is 8.26. The third-order valence-corrected chi connectivity index (χ3v) is 2.60. The van der Waals surface area contributed by atoms with Gasteiger partial charge in [-0.2, -0.15) is 0 Å². The van der Waals surface area contributed by atoms with Gasteiger partial charge in [-0.1, -0.05) is 0 Å². The fraction of sp³-hybridized carbons (Fsp3) is 0.889. The van der Waals surface area contributed by atoms with E-state index in [4.69, 9.17) is 5.73 Å². The van der Waals surface area contributed by atoms with Gasteiger partial charge < -0.3 is 16.4 Å². The predicted octanol–water partition coefficient (Wildman–Crippen LogP) is 0.525. The predicted molar refractivity (Wildman–Crippen MR) is 52.7 cm³/mol. The van der Waals surface area contributed by atoms with E-state index in [2.05, 4.69) is 10.6 Å². The van der Waals surface area contributed by atoms with Crippen LogP contribution in [0.3, 0.4) is 0 Å². The summed E-state index contributed by atoms with van der Waals surface area (Å²) in [5, 5.41) is 5.82. The highest BCUT2D eigenvalue weighted by molar-refractivity contribution is 5.71. The minimum atomic E-state index is -0.454. The summed E-state index contributed by atoms with van der Waals surface area (Å²) in [7, 11) is 0. The summed E-state index contributed by atoms with van der Waals surface area (Å²) in [6, 6.07) is 0.151. The van der Waals surface area contributed by atoms with E-state index in [-0.39, 0.29) is 12.7 Å². The molecule has 0 aromatic carbocycles. The summed E-state index contributed by atoms with van der Waals surface area (Å²) in [6.45, 7) is 0.109. The van der Waals surface area contributed by atoms with Crippen molar-refractivity contribution in [3.8, 4) is 0 Å². The van der Waals surface area contributed by atoms with Crippen LogP contribution in [-0.2, 0) is 0 Å². The van der Waals surface area contributed by atoms with E-state index in [1.807, 2.05) is 0 Å². The number of primary amides is 1. The van der Waals surface area contributed by atoms with Crippen molar-refractivity contribution in [1.82, 2.24) is 10.6 Å². The van der Waals surface area contributed by atoms with Crippen molar-refractivity contribution in [1.29, 1.82) is 0 Å². The standard InChI is InChI=1S/C9H18FN3O/c10-5-6-12-7-1-3-8(4-2-7)13-9(11)14/h7-8,12H,1-6H2,(H3,11,13,14). The molecule has 0 heterocycles. The summed E-state index contributed by atoms with van der Waals surface area (Å²) in [5.41, 5.74) is 5.02. The van der Waals surface area contributed by atoms with E-state index < -0.39 is 6.03 Å². The average molecular weight is 203 g/mol. The third-order valence-electron chi connectivity index (χ3n) is 2.60. The second-order valence-corrected chi connectivity index (χ2v) is 3.70. The van der Waals surface area contributed by atoms with Crippen LogP contribution in [0.15, 0.2) is 0 Å². The van der Waals surface area contributed by atoms with Gasteiger partial charge in [0.15, 0.2) is 0 Å². The Bertz CT molecular complexity index is 181. The molecule has 0 unspecified atom stereocenters. The van der Waals surface area contributed by atoms with Crippen molar-refractivity contribution in [2.45, 2.75) is 37.8 Å². The Kier molecular flexibility index (Phi) is 4.65. The van der Waals surface area contributed by atoms with Crippen LogP contribution in [0, 0.1) is 0 Å². The summed E-state index contributed by atoms with van der Waals surface area (Å²) in [6.07, 6.45) is 3.80. The largest absolute Gasteiger partial charge is 0.352 e. The van der Waals surface area contributed by atoms with Crippen molar-refractivity contribution in [2.75, 3.05) is 13.2 Å². The molecule has 82 valence electrons. The van der Waals surface area contributed by atoms with Gasteiger partial charge in [-0.25, -0.2) is 9.18 Å². The Hall–Kier alpha value is -0.840.